The number of carbonyl (C=O) groups excluding carboxylic acids is 1. The van der Waals surface area contributed by atoms with Crippen molar-refractivity contribution in [2.45, 2.75) is 64.9 Å². The van der Waals surface area contributed by atoms with Crippen LogP contribution in [0.15, 0.2) is 48.8 Å². The highest BCUT2D eigenvalue weighted by Gasteiger charge is 2.38. The van der Waals surface area contributed by atoms with Crippen LogP contribution in [0, 0.1) is 5.92 Å². The number of carbonyl (C=O) groups is 1. The van der Waals surface area contributed by atoms with Gasteiger partial charge in [-0.2, -0.15) is 0 Å². The van der Waals surface area contributed by atoms with Gasteiger partial charge in [0.15, 0.2) is 0 Å². The molecule has 1 fully saturated rings. The van der Waals surface area contributed by atoms with Gasteiger partial charge in [-0.1, -0.05) is 56.9 Å². The van der Waals surface area contributed by atoms with Crippen molar-refractivity contribution < 1.29 is 9.53 Å². The van der Waals surface area contributed by atoms with E-state index >= 15 is 0 Å². The van der Waals surface area contributed by atoms with Crippen LogP contribution in [-0.2, 0) is 24.6 Å². The molecule has 8 heteroatoms. The van der Waals surface area contributed by atoms with E-state index < -0.39 is 8.07 Å². The van der Waals surface area contributed by atoms with Gasteiger partial charge in [0, 0.05) is 57.7 Å². The Bertz CT molecular complexity index is 1210. The standard InChI is InChI=1S/C28H39N5O2Si/c1-21-10-12-31(18-22-8-6-5-7-9-22)19-25(21)33-26-23(17-30-28(33)34)16-29-27-24(26)11-13-32(27)20-35-14-15-36(2,3)4/h5-9,11,13,16,21,25H,10,12,14-15,17-20H2,1-4H3,(H,30,34)/t21-,25+/m1/s1. The fourth-order valence-electron chi connectivity index (χ4n) is 5.34. The van der Waals surface area contributed by atoms with Gasteiger partial charge in [-0.05, 0) is 36.6 Å². The third kappa shape index (κ3) is 5.35. The number of urea groups is 1. The maximum atomic E-state index is 13.4. The van der Waals surface area contributed by atoms with Crippen molar-refractivity contribution in [2.75, 3.05) is 24.6 Å². The highest BCUT2D eigenvalue weighted by molar-refractivity contribution is 6.76. The lowest BCUT2D eigenvalue weighted by molar-refractivity contribution is 0.0899. The topological polar surface area (TPSA) is 62.6 Å². The van der Waals surface area contributed by atoms with Crippen molar-refractivity contribution in [1.82, 2.24) is 19.8 Å². The zero-order valence-corrected chi connectivity index (χ0v) is 23.0. The van der Waals surface area contributed by atoms with E-state index in [9.17, 15) is 4.79 Å². The zero-order valence-electron chi connectivity index (χ0n) is 22.0. The molecule has 0 aliphatic carbocycles. The van der Waals surface area contributed by atoms with Crippen LogP contribution in [0.5, 0.6) is 0 Å². The second kappa shape index (κ2) is 10.4. The molecule has 1 N–H and O–H groups in total. The zero-order chi connectivity index (χ0) is 25.3. The summed E-state index contributed by atoms with van der Waals surface area (Å²) in [5, 5.41) is 4.13. The highest BCUT2D eigenvalue weighted by atomic mass is 28.3. The minimum atomic E-state index is -1.13. The number of hydrogen-bond donors (Lipinski definition) is 1. The Morgan fingerprint density at radius 2 is 1.97 bits per heavy atom. The average Bonchev–Trinajstić information content (AvgIpc) is 3.26. The van der Waals surface area contributed by atoms with Gasteiger partial charge < -0.3 is 14.6 Å². The third-order valence-electron chi connectivity index (χ3n) is 7.54. The van der Waals surface area contributed by atoms with E-state index in [4.69, 9.17) is 9.72 Å². The van der Waals surface area contributed by atoms with Crippen molar-refractivity contribution in [2.24, 2.45) is 5.92 Å². The number of likely N-dealkylation sites (tertiary alicyclic amines) is 1. The fourth-order valence-corrected chi connectivity index (χ4v) is 6.09. The summed E-state index contributed by atoms with van der Waals surface area (Å²) < 4.78 is 8.08. The molecule has 0 unspecified atom stereocenters. The number of nitrogens with zero attached hydrogens (tertiary/aromatic N) is 4. The first-order valence-corrected chi connectivity index (χ1v) is 16.9. The van der Waals surface area contributed by atoms with Crippen LogP contribution < -0.4 is 10.2 Å². The summed E-state index contributed by atoms with van der Waals surface area (Å²) in [6.07, 6.45) is 5.04. The number of pyridine rings is 1. The molecule has 0 spiro atoms. The maximum Gasteiger partial charge on any atom is 0.322 e. The molecule has 1 saturated heterocycles. The predicted octanol–water partition coefficient (Wildman–Crippen LogP) is 5.29. The Hall–Kier alpha value is -2.68. The van der Waals surface area contributed by atoms with Crippen LogP contribution in [0.2, 0.25) is 25.7 Å². The molecule has 2 amide bonds. The third-order valence-corrected chi connectivity index (χ3v) is 9.24. The normalized spacial score (nSPS) is 21.0. The Labute approximate surface area is 215 Å². The van der Waals surface area contributed by atoms with Gasteiger partial charge in [-0.15, -0.1) is 0 Å². The summed E-state index contributed by atoms with van der Waals surface area (Å²) in [4.78, 5) is 22.7. The van der Waals surface area contributed by atoms with Gasteiger partial charge in [-0.3, -0.25) is 9.80 Å². The van der Waals surface area contributed by atoms with Gasteiger partial charge in [0.2, 0.25) is 0 Å². The van der Waals surface area contributed by atoms with Crippen LogP contribution in [0.1, 0.15) is 24.5 Å². The molecular weight excluding hydrogens is 466 g/mol. The molecule has 2 aliphatic heterocycles. The molecule has 0 saturated carbocycles. The van der Waals surface area contributed by atoms with Crippen molar-refractivity contribution in [3.05, 3.63) is 59.9 Å². The molecule has 5 rings (SSSR count). The minimum absolute atomic E-state index is 0.00690. The number of nitrogens with one attached hydrogen (secondary N) is 1. The van der Waals surface area contributed by atoms with E-state index in [1.54, 1.807) is 0 Å². The SMILES string of the molecule is C[C@@H]1CCN(Cc2ccccc2)C[C@@H]1N1C(=O)NCc2cnc3c(ccn3COCC[Si](C)(C)C)c21. The minimum Gasteiger partial charge on any atom is -0.361 e. The van der Waals surface area contributed by atoms with Gasteiger partial charge in [0.25, 0.3) is 0 Å². The summed E-state index contributed by atoms with van der Waals surface area (Å²) in [5.41, 5.74) is 4.29. The van der Waals surface area contributed by atoms with E-state index in [-0.39, 0.29) is 12.1 Å². The number of amides is 2. The maximum absolute atomic E-state index is 13.4. The van der Waals surface area contributed by atoms with Crippen molar-refractivity contribution in [3.63, 3.8) is 0 Å². The largest absolute Gasteiger partial charge is 0.361 e. The van der Waals surface area contributed by atoms with E-state index in [1.165, 1.54) is 5.56 Å². The summed E-state index contributed by atoms with van der Waals surface area (Å²) >= 11 is 0. The van der Waals surface area contributed by atoms with Crippen molar-refractivity contribution >= 4 is 30.8 Å². The molecule has 2 aliphatic rings. The van der Waals surface area contributed by atoms with E-state index in [0.717, 1.165) is 61.0 Å². The van der Waals surface area contributed by atoms with E-state index in [2.05, 4.69) is 77.7 Å². The number of anilines is 1. The van der Waals surface area contributed by atoms with E-state index in [0.29, 0.717) is 19.2 Å². The Morgan fingerprint density at radius 1 is 1.17 bits per heavy atom. The Kier molecular flexibility index (Phi) is 7.19. The Balaban J connectivity index is 1.40. The van der Waals surface area contributed by atoms with Crippen molar-refractivity contribution in [3.8, 4) is 0 Å². The van der Waals surface area contributed by atoms with Gasteiger partial charge in [0.1, 0.15) is 12.4 Å². The molecule has 2 aromatic heterocycles. The first-order chi connectivity index (χ1) is 17.3. The van der Waals surface area contributed by atoms with Crippen LogP contribution in [0.25, 0.3) is 11.0 Å². The quantitative estimate of drug-likeness (QED) is 0.334. The molecule has 1 aromatic carbocycles. The second-order valence-corrected chi connectivity index (χ2v) is 17.2. The van der Waals surface area contributed by atoms with E-state index in [1.807, 2.05) is 17.3 Å². The first-order valence-electron chi connectivity index (χ1n) is 13.2. The molecule has 0 bridgehead atoms. The number of aromatic nitrogens is 2. The summed E-state index contributed by atoms with van der Waals surface area (Å²) in [6.45, 7) is 13.9. The molecule has 4 heterocycles. The second-order valence-electron chi connectivity index (χ2n) is 11.6. The molecule has 36 heavy (non-hydrogen) atoms. The highest BCUT2D eigenvalue weighted by Crippen LogP contribution is 2.37. The Morgan fingerprint density at radius 3 is 2.75 bits per heavy atom. The molecule has 2 atom stereocenters. The number of piperidine rings is 1. The van der Waals surface area contributed by atoms with Crippen LogP contribution in [0.3, 0.4) is 0 Å². The van der Waals surface area contributed by atoms with Crippen molar-refractivity contribution in [1.29, 1.82) is 0 Å². The molecule has 7 nitrogen and oxygen atoms in total. The summed E-state index contributed by atoms with van der Waals surface area (Å²) in [7, 11) is -1.13. The summed E-state index contributed by atoms with van der Waals surface area (Å²) in [5.74, 6) is 0.406. The summed E-state index contributed by atoms with van der Waals surface area (Å²) in [6, 6.07) is 13.9. The fraction of sp³-hybridized carbons (Fsp3) is 0.500. The number of benzene rings is 1. The molecule has 0 radical (unpaired) electrons. The smallest absolute Gasteiger partial charge is 0.322 e. The van der Waals surface area contributed by atoms with Gasteiger partial charge >= 0.3 is 6.03 Å². The number of rotatable bonds is 8. The van der Waals surface area contributed by atoms with Gasteiger partial charge in [0.05, 0.1) is 11.7 Å². The van der Waals surface area contributed by atoms with Crippen LogP contribution >= 0.6 is 0 Å². The monoisotopic (exact) mass is 505 g/mol. The lowest BCUT2D eigenvalue weighted by Gasteiger charge is -2.45. The van der Waals surface area contributed by atoms with Crippen LogP contribution in [-0.4, -0.2) is 54.3 Å². The average molecular weight is 506 g/mol. The lowest BCUT2D eigenvalue weighted by atomic mass is 9.90. The number of fused-ring (bicyclic) bond motifs is 3. The molecular formula is C28H39N5O2Si. The predicted molar refractivity (Wildman–Crippen MR) is 148 cm³/mol. The number of ether oxygens (including phenoxy) is 1. The van der Waals surface area contributed by atoms with Gasteiger partial charge in [-0.25, -0.2) is 9.78 Å². The number of hydrogen-bond acceptors (Lipinski definition) is 4. The molecule has 192 valence electrons. The first kappa shape index (κ1) is 25.0. The van der Waals surface area contributed by atoms with Crippen LogP contribution in [0.4, 0.5) is 10.5 Å². The molecule has 3 aromatic rings. The lowest BCUT2D eigenvalue weighted by Crippen LogP contribution is -2.58.